The maximum atomic E-state index is 13.3. The monoisotopic (exact) mass is 231 g/mol. The lowest BCUT2D eigenvalue weighted by molar-refractivity contribution is 0.415. The second kappa shape index (κ2) is 4.45. The summed E-state index contributed by atoms with van der Waals surface area (Å²) < 4.78 is 18.5. The van der Waals surface area contributed by atoms with Gasteiger partial charge in [-0.15, -0.1) is 0 Å². The maximum absolute atomic E-state index is 13.3. The number of hydrogen-bond donors (Lipinski definition) is 1. The Morgan fingerprint density at radius 1 is 1.06 bits per heavy atom. The van der Waals surface area contributed by atoms with Gasteiger partial charge in [-0.3, -0.25) is 0 Å². The van der Waals surface area contributed by atoms with Gasteiger partial charge in [0.2, 0.25) is 0 Å². The molecule has 17 heavy (non-hydrogen) atoms. The number of methoxy groups -OCH3 is 1. The van der Waals surface area contributed by atoms with E-state index in [0.29, 0.717) is 11.4 Å². The van der Waals surface area contributed by atoms with Crippen LogP contribution >= 0.6 is 0 Å². The van der Waals surface area contributed by atoms with Crippen LogP contribution in [0, 0.1) is 12.7 Å². The molecule has 0 spiro atoms. The van der Waals surface area contributed by atoms with Crippen molar-refractivity contribution >= 4 is 5.69 Å². The first-order valence-corrected chi connectivity index (χ1v) is 5.32. The van der Waals surface area contributed by atoms with Crippen LogP contribution in [-0.4, -0.2) is 7.11 Å². The molecule has 0 amide bonds. The summed E-state index contributed by atoms with van der Waals surface area (Å²) in [6.45, 7) is 1.94. The van der Waals surface area contributed by atoms with Crippen molar-refractivity contribution in [3.63, 3.8) is 0 Å². The van der Waals surface area contributed by atoms with Crippen LogP contribution in [0.3, 0.4) is 0 Å². The van der Waals surface area contributed by atoms with Gasteiger partial charge in [-0.2, -0.15) is 0 Å². The standard InChI is InChI=1S/C14H14FNO/c1-9-7-11(16)4-5-12(9)13-8-10(15)3-6-14(13)17-2/h3-8H,16H2,1-2H3. The second-order valence-corrected chi connectivity index (χ2v) is 3.92. The highest BCUT2D eigenvalue weighted by Crippen LogP contribution is 2.33. The summed E-state index contributed by atoms with van der Waals surface area (Å²) >= 11 is 0. The van der Waals surface area contributed by atoms with Gasteiger partial charge in [-0.25, -0.2) is 4.39 Å². The van der Waals surface area contributed by atoms with Crippen LogP contribution in [0.2, 0.25) is 0 Å². The fourth-order valence-corrected chi connectivity index (χ4v) is 1.88. The lowest BCUT2D eigenvalue weighted by Gasteiger charge is -2.11. The molecule has 0 atom stereocenters. The first kappa shape index (κ1) is 11.5. The molecule has 0 unspecified atom stereocenters. The Balaban J connectivity index is 2.62. The highest BCUT2D eigenvalue weighted by molar-refractivity contribution is 5.74. The van der Waals surface area contributed by atoms with Gasteiger partial charge in [0.1, 0.15) is 11.6 Å². The van der Waals surface area contributed by atoms with Gasteiger partial charge in [0, 0.05) is 11.3 Å². The predicted molar refractivity (Wildman–Crippen MR) is 67.5 cm³/mol. The second-order valence-electron chi connectivity index (χ2n) is 3.92. The lowest BCUT2D eigenvalue weighted by atomic mass is 9.99. The molecule has 2 aromatic carbocycles. The van der Waals surface area contributed by atoms with E-state index >= 15 is 0 Å². The van der Waals surface area contributed by atoms with Crippen molar-refractivity contribution in [3.05, 3.63) is 47.8 Å². The summed E-state index contributed by atoms with van der Waals surface area (Å²) in [6, 6.07) is 10.0. The van der Waals surface area contributed by atoms with Crippen LogP contribution in [-0.2, 0) is 0 Å². The summed E-state index contributed by atoms with van der Waals surface area (Å²) in [5.74, 6) is 0.372. The maximum Gasteiger partial charge on any atom is 0.126 e. The average molecular weight is 231 g/mol. The van der Waals surface area contributed by atoms with Crippen LogP contribution in [0.15, 0.2) is 36.4 Å². The lowest BCUT2D eigenvalue weighted by Crippen LogP contribution is -1.93. The third kappa shape index (κ3) is 2.23. The molecule has 0 aliphatic carbocycles. The predicted octanol–water partition coefficient (Wildman–Crippen LogP) is 3.39. The molecule has 2 rings (SSSR count). The van der Waals surface area contributed by atoms with E-state index in [1.807, 2.05) is 19.1 Å². The van der Waals surface area contributed by atoms with E-state index in [1.54, 1.807) is 19.2 Å². The highest BCUT2D eigenvalue weighted by atomic mass is 19.1. The zero-order chi connectivity index (χ0) is 12.4. The minimum Gasteiger partial charge on any atom is -0.496 e. The highest BCUT2D eigenvalue weighted by Gasteiger charge is 2.09. The number of ether oxygens (including phenoxy) is 1. The minimum atomic E-state index is -0.281. The van der Waals surface area contributed by atoms with E-state index in [1.165, 1.54) is 12.1 Å². The van der Waals surface area contributed by atoms with Crippen molar-refractivity contribution in [2.75, 3.05) is 12.8 Å². The van der Waals surface area contributed by atoms with Crippen molar-refractivity contribution in [1.82, 2.24) is 0 Å². The first-order valence-electron chi connectivity index (χ1n) is 5.32. The number of hydrogen-bond acceptors (Lipinski definition) is 2. The third-order valence-corrected chi connectivity index (χ3v) is 2.70. The van der Waals surface area contributed by atoms with Gasteiger partial charge >= 0.3 is 0 Å². The molecule has 2 nitrogen and oxygen atoms in total. The molecule has 0 bridgehead atoms. The first-order chi connectivity index (χ1) is 8.11. The molecule has 0 aliphatic heterocycles. The molecule has 2 aromatic rings. The Labute approximate surface area is 99.8 Å². The van der Waals surface area contributed by atoms with Gasteiger partial charge in [0.25, 0.3) is 0 Å². The Morgan fingerprint density at radius 2 is 1.82 bits per heavy atom. The minimum absolute atomic E-state index is 0.281. The Kier molecular flexibility index (Phi) is 3.00. The molecule has 0 heterocycles. The molecular weight excluding hydrogens is 217 g/mol. The topological polar surface area (TPSA) is 35.2 Å². The van der Waals surface area contributed by atoms with Gasteiger partial charge < -0.3 is 10.5 Å². The Bertz CT molecular complexity index is 552. The quantitative estimate of drug-likeness (QED) is 0.804. The van der Waals surface area contributed by atoms with Crippen molar-refractivity contribution in [2.45, 2.75) is 6.92 Å². The average Bonchev–Trinajstić information content (AvgIpc) is 2.29. The molecule has 0 saturated heterocycles. The summed E-state index contributed by atoms with van der Waals surface area (Å²) in [6.07, 6.45) is 0. The molecule has 3 heteroatoms. The number of nitrogens with two attached hydrogens (primary N) is 1. The van der Waals surface area contributed by atoms with Crippen molar-refractivity contribution in [2.24, 2.45) is 0 Å². The number of nitrogen functional groups attached to an aromatic ring is 1. The van der Waals surface area contributed by atoms with E-state index in [4.69, 9.17) is 10.5 Å². The van der Waals surface area contributed by atoms with Crippen molar-refractivity contribution < 1.29 is 9.13 Å². The van der Waals surface area contributed by atoms with Gasteiger partial charge in [0.05, 0.1) is 7.11 Å². The SMILES string of the molecule is COc1ccc(F)cc1-c1ccc(N)cc1C. The molecule has 0 saturated carbocycles. The number of halogens is 1. The molecule has 2 N–H and O–H groups in total. The van der Waals surface area contributed by atoms with E-state index in [9.17, 15) is 4.39 Å². The fourth-order valence-electron chi connectivity index (χ4n) is 1.88. The molecule has 88 valence electrons. The van der Waals surface area contributed by atoms with E-state index < -0.39 is 0 Å². The van der Waals surface area contributed by atoms with Gasteiger partial charge in [-0.05, 0) is 48.4 Å². The number of rotatable bonds is 2. The number of benzene rings is 2. The Morgan fingerprint density at radius 3 is 2.47 bits per heavy atom. The van der Waals surface area contributed by atoms with Crippen molar-refractivity contribution in [3.8, 4) is 16.9 Å². The molecule has 0 radical (unpaired) electrons. The number of anilines is 1. The summed E-state index contributed by atoms with van der Waals surface area (Å²) in [5.41, 5.74) is 9.06. The summed E-state index contributed by atoms with van der Waals surface area (Å²) in [4.78, 5) is 0. The van der Waals surface area contributed by atoms with Gasteiger partial charge in [0.15, 0.2) is 0 Å². The molecule has 0 aromatic heterocycles. The molecular formula is C14H14FNO. The zero-order valence-electron chi connectivity index (χ0n) is 9.83. The largest absolute Gasteiger partial charge is 0.496 e. The van der Waals surface area contributed by atoms with E-state index in [0.717, 1.165) is 16.7 Å². The normalized spacial score (nSPS) is 10.3. The molecule has 0 fully saturated rings. The van der Waals surface area contributed by atoms with Crippen molar-refractivity contribution in [1.29, 1.82) is 0 Å². The Hall–Kier alpha value is -2.03. The van der Waals surface area contributed by atoms with Crippen LogP contribution in [0.4, 0.5) is 10.1 Å². The summed E-state index contributed by atoms with van der Waals surface area (Å²) in [5, 5.41) is 0. The smallest absolute Gasteiger partial charge is 0.126 e. The summed E-state index contributed by atoms with van der Waals surface area (Å²) in [7, 11) is 1.57. The third-order valence-electron chi connectivity index (χ3n) is 2.70. The number of aryl methyl sites for hydroxylation is 1. The zero-order valence-corrected chi connectivity index (χ0v) is 9.83. The molecule has 0 aliphatic rings. The van der Waals surface area contributed by atoms with Crippen LogP contribution in [0.1, 0.15) is 5.56 Å². The fraction of sp³-hybridized carbons (Fsp3) is 0.143. The van der Waals surface area contributed by atoms with E-state index in [2.05, 4.69) is 0 Å². The van der Waals surface area contributed by atoms with E-state index in [-0.39, 0.29) is 5.82 Å². The van der Waals surface area contributed by atoms with Crippen LogP contribution < -0.4 is 10.5 Å². The van der Waals surface area contributed by atoms with Gasteiger partial charge in [-0.1, -0.05) is 6.07 Å². The van der Waals surface area contributed by atoms with Crippen LogP contribution in [0.5, 0.6) is 5.75 Å². The van der Waals surface area contributed by atoms with Crippen LogP contribution in [0.25, 0.3) is 11.1 Å².